The molecular formula is C14H21Cl2N3O4. The molecule has 0 unspecified atom stereocenters. The summed E-state index contributed by atoms with van der Waals surface area (Å²) < 4.78 is 0. The van der Waals surface area contributed by atoms with Crippen LogP contribution in [0.3, 0.4) is 0 Å². The number of hydrogen-bond acceptors (Lipinski definition) is 6. The van der Waals surface area contributed by atoms with Gasteiger partial charge in [0.2, 0.25) is 5.75 Å². The topological polar surface area (TPSA) is 98.9 Å². The Morgan fingerprint density at radius 1 is 1.35 bits per heavy atom. The highest BCUT2D eigenvalue weighted by molar-refractivity contribution is 5.85. The van der Waals surface area contributed by atoms with Gasteiger partial charge in [0.1, 0.15) is 0 Å². The zero-order chi connectivity index (χ0) is 15.4. The molecule has 0 radical (unpaired) electrons. The predicted molar refractivity (Wildman–Crippen MR) is 92.9 cm³/mol. The van der Waals surface area contributed by atoms with Gasteiger partial charge in [-0.25, -0.2) is 0 Å². The number of aromatic hydroxyl groups is 2. The fraction of sp³-hybridized carbons (Fsp3) is 0.429. The van der Waals surface area contributed by atoms with Crippen LogP contribution in [0.2, 0.25) is 0 Å². The van der Waals surface area contributed by atoms with E-state index in [2.05, 4.69) is 16.8 Å². The van der Waals surface area contributed by atoms with Crippen molar-refractivity contribution in [3.63, 3.8) is 0 Å². The first-order chi connectivity index (χ1) is 10.0. The molecule has 0 spiro atoms. The van der Waals surface area contributed by atoms with Gasteiger partial charge in [0.05, 0.1) is 4.92 Å². The molecule has 23 heavy (non-hydrogen) atoms. The number of nitrogens with zero attached hydrogens (tertiary/aromatic N) is 2. The van der Waals surface area contributed by atoms with Crippen LogP contribution in [0.25, 0.3) is 0 Å². The minimum Gasteiger partial charge on any atom is -0.504 e. The Labute approximate surface area is 147 Å². The zero-order valence-electron chi connectivity index (χ0n) is 12.5. The molecule has 0 bridgehead atoms. The number of halogens is 2. The maximum atomic E-state index is 11.0. The number of nitro groups is 1. The average molecular weight is 366 g/mol. The maximum absolute atomic E-state index is 11.0. The van der Waals surface area contributed by atoms with Crippen molar-refractivity contribution >= 4 is 30.5 Å². The Hall–Kier alpha value is -1.54. The van der Waals surface area contributed by atoms with Crippen LogP contribution in [0.4, 0.5) is 5.69 Å². The lowest BCUT2D eigenvalue weighted by molar-refractivity contribution is -0.386. The van der Waals surface area contributed by atoms with E-state index >= 15 is 0 Å². The molecule has 1 aliphatic heterocycles. The number of nitrogens with one attached hydrogen (secondary N) is 1. The molecule has 0 aromatic heterocycles. The predicted octanol–water partition coefficient (Wildman–Crippen LogP) is 2.37. The first kappa shape index (κ1) is 21.5. The Morgan fingerprint density at radius 2 is 1.96 bits per heavy atom. The first-order valence-electron chi connectivity index (χ1n) is 6.80. The number of phenols is 2. The van der Waals surface area contributed by atoms with Gasteiger partial charge >= 0.3 is 5.69 Å². The quantitative estimate of drug-likeness (QED) is 0.320. The minimum absolute atomic E-state index is 0. The molecule has 1 aliphatic rings. The van der Waals surface area contributed by atoms with Crippen molar-refractivity contribution in [1.82, 2.24) is 10.2 Å². The summed E-state index contributed by atoms with van der Waals surface area (Å²) >= 11 is 0. The lowest BCUT2D eigenvalue weighted by Gasteiger charge is -2.34. The number of hydrogen-bond donors (Lipinski definition) is 3. The fourth-order valence-electron chi connectivity index (χ4n) is 2.60. The van der Waals surface area contributed by atoms with Crippen molar-refractivity contribution in [3.8, 4) is 11.5 Å². The molecule has 2 rings (SSSR count). The van der Waals surface area contributed by atoms with Gasteiger partial charge in [0, 0.05) is 38.3 Å². The van der Waals surface area contributed by atoms with Crippen molar-refractivity contribution in [1.29, 1.82) is 0 Å². The smallest absolute Gasteiger partial charge is 0.314 e. The number of nitro benzene ring substituents is 1. The molecule has 7 nitrogen and oxygen atoms in total. The largest absolute Gasteiger partial charge is 0.504 e. The van der Waals surface area contributed by atoms with Gasteiger partial charge < -0.3 is 15.5 Å². The summed E-state index contributed by atoms with van der Waals surface area (Å²) in [4.78, 5) is 12.5. The molecule has 9 heteroatoms. The van der Waals surface area contributed by atoms with Gasteiger partial charge in [-0.3, -0.25) is 15.0 Å². The van der Waals surface area contributed by atoms with Gasteiger partial charge in [0.15, 0.2) is 5.75 Å². The molecule has 0 aliphatic carbocycles. The van der Waals surface area contributed by atoms with Crippen molar-refractivity contribution in [2.45, 2.75) is 12.5 Å². The van der Waals surface area contributed by atoms with E-state index < -0.39 is 22.1 Å². The van der Waals surface area contributed by atoms with E-state index in [1.807, 2.05) is 0 Å². The standard InChI is InChI=1S/C14H19N3O4.2ClH/c1-2-3-11(16-6-4-15-5-7-16)10-8-12(17(20)21)14(19)13(18)9-10;;/h2,8-9,11,15,18-19H,1,3-7H2;2*1H/t11-;;/m0../s1. The third kappa shape index (κ3) is 4.97. The third-order valence-electron chi connectivity index (χ3n) is 3.66. The molecule has 3 N–H and O–H groups in total. The molecule has 1 fully saturated rings. The molecule has 1 saturated heterocycles. The summed E-state index contributed by atoms with van der Waals surface area (Å²) in [5.41, 5.74) is 0.132. The summed E-state index contributed by atoms with van der Waals surface area (Å²) in [6.07, 6.45) is 2.36. The van der Waals surface area contributed by atoms with Crippen LogP contribution in [-0.4, -0.2) is 46.2 Å². The van der Waals surface area contributed by atoms with Crippen LogP contribution in [0.1, 0.15) is 18.0 Å². The summed E-state index contributed by atoms with van der Waals surface area (Å²) in [5, 5.41) is 33.5. The van der Waals surface area contributed by atoms with Gasteiger partial charge in [0.25, 0.3) is 0 Å². The van der Waals surface area contributed by atoms with E-state index in [0.717, 1.165) is 26.2 Å². The molecule has 0 saturated carbocycles. The number of piperazine rings is 1. The molecular weight excluding hydrogens is 345 g/mol. The minimum atomic E-state index is -0.693. The Bertz CT molecular complexity index is 551. The Balaban J connectivity index is 0.00000242. The average Bonchev–Trinajstić information content (AvgIpc) is 2.48. The number of rotatable bonds is 5. The Kier molecular flexibility index (Phi) is 8.93. The van der Waals surface area contributed by atoms with E-state index in [4.69, 9.17) is 0 Å². The summed E-state index contributed by atoms with van der Waals surface area (Å²) in [6.45, 7) is 7.05. The molecule has 1 aromatic carbocycles. The van der Waals surface area contributed by atoms with Crippen molar-refractivity contribution in [3.05, 3.63) is 40.5 Å². The number of benzene rings is 1. The highest BCUT2D eigenvalue weighted by Gasteiger charge is 2.26. The van der Waals surface area contributed by atoms with Crippen LogP contribution in [0, 0.1) is 10.1 Å². The maximum Gasteiger partial charge on any atom is 0.314 e. The second kappa shape index (κ2) is 9.57. The van der Waals surface area contributed by atoms with Crippen LogP contribution >= 0.6 is 24.8 Å². The SMILES string of the molecule is C=CC[C@@H](c1cc(O)c(O)c([N+](=O)[O-])c1)N1CCNCC1.Cl.Cl. The normalized spacial score (nSPS) is 15.8. The molecule has 1 atom stereocenters. The fourth-order valence-corrected chi connectivity index (χ4v) is 2.60. The second-order valence-corrected chi connectivity index (χ2v) is 4.99. The van der Waals surface area contributed by atoms with Crippen LogP contribution < -0.4 is 5.32 Å². The summed E-state index contributed by atoms with van der Waals surface area (Å²) in [5.74, 6) is -1.16. The number of phenolic OH excluding ortho intramolecular Hbond substituents is 2. The highest BCUT2D eigenvalue weighted by Crippen LogP contribution is 2.39. The Morgan fingerprint density at radius 3 is 2.48 bits per heavy atom. The van der Waals surface area contributed by atoms with Crippen molar-refractivity contribution < 1.29 is 15.1 Å². The summed E-state index contributed by atoms with van der Waals surface area (Å²) in [6, 6.07) is 2.61. The lowest BCUT2D eigenvalue weighted by Crippen LogP contribution is -2.45. The van der Waals surface area contributed by atoms with Crippen LogP contribution in [-0.2, 0) is 0 Å². The summed E-state index contributed by atoms with van der Waals surface area (Å²) in [7, 11) is 0. The second-order valence-electron chi connectivity index (χ2n) is 4.99. The van der Waals surface area contributed by atoms with Gasteiger partial charge in [-0.2, -0.15) is 0 Å². The van der Waals surface area contributed by atoms with Crippen molar-refractivity contribution in [2.24, 2.45) is 0 Å². The monoisotopic (exact) mass is 365 g/mol. The molecule has 1 aromatic rings. The van der Waals surface area contributed by atoms with E-state index in [1.165, 1.54) is 12.1 Å². The van der Waals surface area contributed by atoms with Crippen molar-refractivity contribution in [2.75, 3.05) is 26.2 Å². The van der Waals surface area contributed by atoms with Gasteiger partial charge in [-0.1, -0.05) is 6.08 Å². The first-order valence-corrected chi connectivity index (χ1v) is 6.80. The van der Waals surface area contributed by atoms with E-state index in [9.17, 15) is 20.3 Å². The molecule has 130 valence electrons. The third-order valence-corrected chi connectivity index (χ3v) is 3.66. The highest BCUT2D eigenvalue weighted by atomic mass is 35.5. The van der Waals surface area contributed by atoms with Gasteiger partial charge in [-0.15, -0.1) is 31.4 Å². The van der Waals surface area contributed by atoms with Crippen LogP contribution in [0.15, 0.2) is 24.8 Å². The van der Waals surface area contributed by atoms with E-state index in [0.29, 0.717) is 12.0 Å². The van der Waals surface area contributed by atoms with E-state index in [-0.39, 0.29) is 30.9 Å². The lowest BCUT2D eigenvalue weighted by atomic mass is 9.99. The van der Waals surface area contributed by atoms with Crippen LogP contribution in [0.5, 0.6) is 11.5 Å². The van der Waals surface area contributed by atoms with E-state index in [1.54, 1.807) is 6.08 Å². The molecule has 1 heterocycles. The zero-order valence-corrected chi connectivity index (χ0v) is 14.1. The van der Waals surface area contributed by atoms with Gasteiger partial charge in [-0.05, 0) is 18.1 Å². The molecule has 0 amide bonds.